The van der Waals surface area contributed by atoms with Crippen molar-refractivity contribution >= 4 is 5.82 Å². The molecule has 0 bridgehead atoms. The molecule has 2 aromatic rings. The Kier molecular flexibility index (Phi) is 4.24. The van der Waals surface area contributed by atoms with Gasteiger partial charge < -0.3 is 15.2 Å². The quantitative estimate of drug-likeness (QED) is 0.780. The highest BCUT2D eigenvalue weighted by atomic mass is 16.1. The number of hydrogen-bond donors (Lipinski definition) is 3. The third kappa shape index (κ3) is 3.04. The summed E-state index contributed by atoms with van der Waals surface area (Å²) in [5.74, 6) is 0.518. The van der Waals surface area contributed by atoms with E-state index in [9.17, 15) is 4.79 Å². The predicted molar refractivity (Wildman–Crippen MR) is 85.0 cm³/mol. The summed E-state index contributed by atoms with van der Waals surface area (Å²) >= 11 is 0. The number of rotatable bonds is 4. The van der Waals surface area contributed by atoms with Crippen molar-refractivity contribution in [1.82, 2.24) is 25.5 Å². The molecule has 1 aliphatic rings. The summed E-state index contributed by atoms with van der Waals surface area (Å²) in [6.07, 6.45) is 5.36. The average Bonchev–Trinajstić information content (AvgIpc) is 2.85. The van der Waals surface area contributed by atoms with E-state index in [0.29, 0.717) is 11.9 Å². The van der Waals surface area contributed by atoms with Gasteiger partial charge in [0.1, 0.15) is 0 Å². The van der Waals surface area contributed by atoms with Gasteiger partial charge in [-0.2, -0.15) is 5.10 Å². The molecule has 3 N–H and O–H groups in total. The first-order valence-corrected chi connectivity index (χ1v) is 7.67. The van der Waals surface area contributed by atoms with Gasteiger partial charge in [-0.25, -0.2) is 4.98 Å². The predicted octanol–water partition coefficient (Wildman–Crippen LogP) is 0.868. The molecule has 3 heterocycles. The Morgan fingerprint density at radius 1 is 1.45 bits per heavy atom. The van der Waals surface area contributed by atoms with Crippen LogP contribution in [0.5, 0.6) is 0 Å². The van der Waals surface area contributed by atoms with Crippen LogP contribution >= 0.6 is 0 Å². The lowest BCUT2D eigenvalue weighted by Gasteiger charge is -2.33. The van der Waals surface area contributed by atoms with Gasteiger partial charge in [0, 0.05) is 49.3 Å². The first kappa shape index (κ1) is 14.8. The van der Waals surface area contributed by atoms with Gasteiger partial charge in [-0.3, -0.25) is 9.89 Å². The van der Waals surface area contributed by atoms with E-state index >= 15 is 0 Å². The van der Waals surface area contributed by atoms with Gasteiger partial charge in [-0.1, -0.05) is 0 Å². The van der Waals surface area contributed by atoms with Crippen LogP contribution in [0.4, 0.5) is 5.82 Å². The van der Waals surface area contributed by atoms with Gasteiger partial charge in [-0.15, -0.1) is 0 Å². The SMILES string of the molecule is Cc1n[nH]c(C)c1CNC1CCCN(c2ncc[nH]c2=O)C1. The molecule has 1 aliphatic heterocycles. The Morgan fingerprint density at radius 3 is 3.05 bits per heavy atom. The van der Waals surface area contributed by atoms with Crippen molar-refractivity contribution in [2.75, 3.05) is 18.0 Å². The maximum Gasteiger partial charge on any atom is 0.290 e. The monoisotopic (exact) mass is 302 g/mol. The molecule has 0 saturated carbocycles. The second-order valence-electron chi connectivity index (χ2n) is 5.82. The number of hydrogen-bond acceptors (Lipinski definition) is 5. The minimum Gasteiger partial charge on any atom is -0.350 e. The molecular weight excluding hydrogens is 280 g/mol. The summed E-state index contributed by atoms with van der Waals surface area (Å²) in [4.78, 5) is 20.8. The zero-order valence-corrected chi connectivity index (χ0v) is 13.0. The van der Waals surface area contributed by atoms with Crippen LogP contribution in [0.25, 0.3) is 0 Å². The van der Waals surface area contributed by atoms with Crippen molar-refractivity contribution in [1.29, 1.82) is 0 Å². The first-order chi connectivity index (χ1) is 10.6. The zero-order chi connectivity index (χ0) is 15.5. The first-order valence-electron chi connectivity index (χ1n) is 7.67. The van der Waals surface area contributed by atoms with E-state index < -0.39 is 0 Å². The molecule has 1 atom stereocenters. The van der Waals surface area contributed by atoms with Crippen molar-refractivity contribution < 1.29 is 0 Å². The molecule has 7 heteroatoms. The van der Waals surface area contributed by atoms with Crippen LogP contribution in [0.2, 0.25) is 0 Å². The van der Waals surface area contributed by atoms with Crippen molar-refractivity contribution in [2.24, 2.45) is 0 Å². The van der Waals surface area contributed by atoms with Crippen molar-refractivity contribution in [3.8, 4) is 0 Å². The molecule has 1 saturated heterocycles. The highest BCUT2D eigenvalue weighted by Gasteiger charge is 2.22. The summed E-state index contributed by atoms with van der Waals surface area (Å²) in [6, 6.07) is 0.351. The molecule has 22 heavy (non-hydrogen) atoms. The van der Waals surface area contributed by atoms with E-state index in [1.807, 2.05) is 13.8 Å². The van der Waals surface area contributed by atoms with Crippen LogP contribution in [0.1, 0.15) is 29.8 Å². The van der Waals surface area contributed by atoms with Crippen LogP contribution in [0, 0.1) is 13.8 Å². The molecule has 1 unspecified atom stereocenters. The lowest BCUT2D eigenvalue weighted by atomic mass is 10.0. The Bertz CT molecular complexity index is 672. The van der Waals surface area contributed by atoms with Gasteiger partial charge in [0.05, 0.1) is 5.69 Å². The maximum atomic E-state index is 11.9. The van der Waals surface area contributed by atoms with E-state index in [1.54, 1.807) is 12.4 Å². The standard InChI is InChI=1S/C15H22N6O/c1-10-13(11(2)20-19-10)8-18-12-4-3-7-21(9-12)14-15(22)17-6-5-16-14/h5-6,12,18H,3-4,7-9H2,1-2H3,(H,17,22)(H,19,20). The van der Waals surface area contributed by atoms with Crippen LogP contribution in [0.3, 0.4) is 0 Å². The highest BCUT2D eigenvalue weighted by Crippen LogP contribution is 2.16. The Hall–Kier alpha value is -2.15. The average molecular weight is 302 g/mol. The fourth-order valence-corrected chi connectivity index (χ4v) is 2.99. The summed E-state index contributed by atoms with van der Waals surface area (Å²) < 4.78 is 0. The molecule has 7 nitrogen and oxygen atoms in total. The number of nitrogens with one attached hydrogen (secondary N) is 3. The molecule has 1 fully saturated rings. The molecule has 0 aromatic carbocycles. The van der Waals surface area contributed by atoms with Crippen LogP contribution in [0.15, 0.2) is 17.2 Å². The summed E-state index contributed by atoms with van der Waals surface area (Å²) in [5.41, 5.74) is 3.26. The smallest absolute Gasteiger partial charge is 0.290 e. The number of aromatic amines is 2. The number of H-pyrrole nitrogens is 2. The molecule has 0 spiro atoms. The second kappa shape index (κ2) is 6.31. The van der Waals surface area contributed by atoms with E-state index in [-0.39, 0.29) is 5.56 Å². The molecule has 2 aromatic heterocycles. The molecule has 0 amide bonds. The fourth-order valence-electron chi connectivity index (χ4n) is 2.99. The number of anilines is 1. The third-order valence-corrected chi connectivity index (χ3v) is 4.26. The Morgan fingerprint density at radius 2 is 2.32 bits per heavy atom. The maximum absolute atomic E-state index is 11.9. The Labute approximate surface area is 129 Å². The van der Waals surface area contributed by atoms with E-state index in [1.165, 1.54) is 5.56 Å². The summed E-state index contributed by atoms with van der Waals surface area (Å²) in [7, 11) is 0. The summed E-state index contributed by atoms with van der Waals surface area (Å²) in [5, 5.41) is 10.8. The molecule has 118 valence electrons. The number of nitrogens with zero attached hydrogens (tertiary/aromatic N) is 3. The van der Waals surface area contributed by atoms with Crippen molar-refractivity contribution in [3.05, 3.63) is 39.7 Å². The molecule has 3 rings (SSSR count). The minimum atomic E-state index is -0.121. The second-order valence-corrected chi connectivity index (χ2v) is 5.82. The van der Waals surface area contributed by atoms with Crippen LogP contribution < -0.4 is 15.8 Å². The number of aryl methyl sites for hydroxylation is 2. The largest absolute Gasteiger partial charge is 0.350 e. The highest BCUT2D eigenvalue weighted by molar-refractivity contribution is 5.36. The van der Waals surface area contributed by atoms with Crippen LogP contribution in [-0.4, -0.2) is 39.3 Å². The topological polar surface area (TPSA) is 89.7 Å². The molecular formula is C15H22N6O. The third-order valence-electron chi connectivity index (χ3n) is 4.26. The molecule has 0 aliphatic carbocycles. The van der Waals surface area contributed by atoms with Crippen molar-refractivity contribution in [2.45, 2.75) is 39.3 Å². The van der Waals surface area contributed by atoms with Crippen LogP contribution in [-0.2, 0) is 6.54 Å². The Balaban J connectivity index is 1.64. The molecule has 0 radical (unpaired) electrons. The van der Waals surface area contributed by atoms with E-state index in [4.69, 9.17) is 0 Å². The van der Waals surface area contributed by atoms with Gasteiger partial charge in [0.15, 0.2) is 5.82 Å². The van der Waals surface area contributed by atoms with Gasteiger partial charge >= 0.3 is 0 Å². The number of aromatic nitrogens is 4. The van der Waals surface area contributed by atoms with Gasteiger partial charge in [-0.05, 0) is 26.7 Å². The zero-order valence-electron chi connectivity index (χ0n) is 13.0. The lowest BCUT2D eigenvalue weighted by molar-refractivity contribution is 0.418. The minimum absolute atomic E-state index is 0.121. The van der Waals surface area contributed by atoms with E-state index in [0.717, 1.165) is 43.9 Å². The van der Waals surface area contributed by atoms with Crippen molar-refractivity contribution in [3.63, 3.8) is 0 Å². The van der Waals surface area contributed by atoms with E-state index in [2.05, 4.69) is 30.4 Å². The summed E-state index contributed by atoms with van der Waals surface area (Å²) in [6.45, 7) is 6.53. The lowest BCUT2D eigenvalue weighted by Crippen LogP contribution is -2.47. The fraction of sp³-hybridized carbons (Fsp3) is 0.533. The number of piperidine rings is 1. The van der Waals surface area contributed by atoms with Gasteiger partial charge in [0.25, 0.3) is 5.56 Å². The van der Waals surface area contributed by atoms with Gasteiger partial charge in [0.2, 0.25) is 0 Å². The normalized spacial score (nSPS) is 18.6.